The second-order valence-corrected chi connectivity index (χ2v) is 4.63. The zero-order chi connectivity index (χ0) is 13.4. The van der Waals surface area contributed by atoms with Crippen LogP contribution in [-0.4, -0.2) is 12.5 Å². The van der Waals surface area contributed by atoms with Gasteiger partial charge in [0.05, 0.1) is 5.56 Å². The maximum atomic E-state index is 13.0. The summed E-state index contributed by atoms with van der Waals surface area (Å²) in [6.07, 6.45) is 0. The highest BCUT2D eigenvalue weighted by molar-refractivity contribution is 6.02. The second-order valence-electron chi connectivity index (χ2n) is 4.63. The Bertz CT molecular complexity index is 637. The van der Waals surface area contributed by atoms with Crippen molar-refractivity contribution in [3.63, 3.8) is 0 Å². The van der Waals surface area contributed by atoms with Gasteiger partial charge in [-0.3, -0.25) is 4.79 Å². The Balaban J connectivity index is 2.11. The van der Waals surface area contributed by atoms with Gasteiger partial charge < -0.3 is 11.1 Å². The maximum Gasteiger partial charge on any atom is 0.253 e. The first-order valence-electron chi connectivity index (χ1n) is 6.09. The lowest BCUT2D eigenvalue weighted by Crippen LogP contribution is -2.36. The molecule has 1 unspecified atom stereocenters. The minimum Gasteiger partial charge on any atom is -0.398 e. The summed E-state index contributed by atoms with van der Waals surface area (Å²) >= 11 is 0. The zero-order valence-corrected chi connectivity index (χ0v) is 10.2. The van der Waals surface area contributed by atoms with E-state index >= 15 is 0 Å². The van der Waals surface area contributed by atoms with Crippen LogP contribution in [0.1, 0.15) is 27.4 Å². The molecule has 0 saturated heterocycles. The van der Waals surface area contributed by atoms with Gasteiger partial charge in [0.2, 0.25) is 0 Å². The van der Waals surface area contributed by atoms with E-state index in [2.05, 4.69) is 5.32 Å². The molecule has 4 heteroatoms. The summed E-state index contributed by atoms with van der Waals surface area (Å²) in [5, 5.41) is 2.83. The van der Waals surface area contributed by atoms with E-state index in [1.807, 2.05) is 12.1 Å². The minimum absolute atomic E-state index is 0.0109. The van der Waals surface area contributed by atoms with Gasteiger partial charge >= 0.3 is 0 Å². The van der Waals surface area contributed by atoms with E-state index < -0.39 is 0 Å². The van der Waals surface area contributed by atoms with Crippen molar-refractivity contribution in [2.75, 3.05) is 12.3 Å². The number of hydrogen-bond donors (Lipinski definition) is 2. The number of rotatable bonds is 1. The first-order valence-corrected chi connectivity index (χ1v) is 6.09. The number of nitrogen functional groups attached to an aromatic ring is 1. The molecule has 2 aromatic rings. The highest BCUT2D eigenvalue weighted by atomic mass is 19.1. The minimum atomic E-state index is -0.267. The monoisotopic (exact) mass is 256 g/mol. The number of nitrogens with two attached hydrogens (primary N) is 1. The van der Waals surface area contributed by atoms with Gasteiger partial charge in [0, 0.05) is 18.2 Å². The predicted octanol–water partition coefficient (Wildman–Crippen LogP) is 2.28. The molecule has 1 atom stereocenters. The van der Waals surface area contributed by atoms with Gasteiger partial charge in [-0.05, 0) is 29.3 Å². The van der Waals surface area contributed by atoms with Crippen LogP contribution in [0.4, 0.5) is 10.1 Å². The number of anilines is 1. The molecule has 1 aliphatic rings. The van der Waals surface area contributed by atoms with E-state index in [-0.39, 0.29) is 17.6 Å². The van der Waals surface area contributed by atoms with Gasteiger partial charge in [-0.1, -0.05) is 24.3 Å². The van der Waals surface area contributed by atoms with Crippen molar-refractivity contribution < 1.29 is 9.18 Å². The molecule has 1 amide bonds. The van der Waals surface area contributed by atoms with Crippen LogP contribution in [0.3, 0.4) is 0 Å². The summed E-state index contributed by atoms with van der Waals surface area (Å²) in [5.41, 5.74) is 8.74. The molecular weight excluding hydrogens is 243 g/mol. The van der Waals surface area contributed by atoms with E-state index in [0.29, 0.717) is 17.8 Å². The van der Waals surface area contributed by atoms with Gasteiger partial charge in [0.15, 0.2) is 0 Å². The third kappa shape index (κ3) is 1.95. The van der Waals surface area contributed by atoms with Crippen molar-refractivity contribution in [3.05, 3.63) is 65.0 Å². The molecule has 1 aliphatic heterocycles. The Morgan fingerprint density at radius 2 is 1.89 bits per heavy atom. The zero-order valence-electron chi connectivity index (χ0n) is 10.2. The summed E-state index contributed by atoms with van der Waals surface area (Å²) in [4.78, 5) is 11.9. The fourth-order valence-electron chi connectivity index (χ4n) is 2.53. The molecule has 3 N–H and O–H groups in total. The largest absolute Gasteiger partial charge is 0.398 e. The molecule has 0 aromatic heterocycles. The van der Waals surface area contributed by atoms with Crippen LogP contribution in [-0.2, 0) is 0 Å². The Morgan fingerprint density at radius 1 is 1.16 bits per heavy atom. The number of benzene rings is 2. The highest BCUT2D eigenvalue weighted by Crippen LogP contribution is 2.32. The van der Waals surface area contributed by atoms with Crippen LogP contribution < -0.4 is 11.1 Å². The predicted molar refractivity (Wildman–Crippen MR) is 71.4 cm³/mol. The molecule has 3 rings (SSSR count). The SMILES string of the molecule is Nc1cccc2c1C(=O)NCC2c1ccc(F)cc1. The molecule has 19 heavy (non-hydrogen) atoms. The third-order valence-corrected chi connectivity index (χ3v) is 3.47. The molecule has 0 saturated carbocycles. The quantitative estimate of drug-likeness (QED) is 0.769. The molecule has 96 valence electrons. The van der Waals surface area contributed by atoms with Gasteiger partial charge in [-0.25, -0.2) is 4.39 Å². The van der Waals surface area contributed by atoms with Crippen LogP contribution in [0.2, 0.25) is 0 Å². The average molecular weight is 256 g/mol. The topological polar surface area (TPSA) is 55.1 Å². The first kappa shape index (κ1) is 11.7. The van der Waals surface area contributed by atoms with Crippen LogP contribution in [0.15, 0.2) is 42.5 Å². The summed E-state index contributed by atoms with van der Waals surface area (Å²) in [5.74, 6) is -0.403. The van der Waals surface area contributed by atoms with E-state index in [0.717, 1.165) is 11.1 Å². The van der Waals surface area contributed by atoms with E-state index in [9.17, 15) is 9.18 Å². The summed E-state index contributed by atoms with van der Waals surface area (Å²) < 4.78 is 13.0. The Labute approximate surface area is 110 Å². The molecular formula is C15H13FN2O. The molecule has 0 radical (unpaired) electrons. The van der Waals surface area contributed by atoms with Crippen LogP contribution in [0.5, 0.6) is 0 Å². The van der Waals surface area contributed by atoms with E-state index in [1.165, 1.54) is 12.1 Å². The highest BCUT2D eigenvalue weighted by Gasteiger charge is 2.27. The average Bonchev–Trinajstić information content (AvgIpc) is 2.41. The van der Waals surface area contributed by atoms with E-state index in [1.54, 1.807) is 18.2 Å². The van der Waals surface area contributed by atoms with Crippen LogP contribution >= 0.6 is 0 Å². The smallest absolute Gasteiger partial charge is 0.253 e. The summed E-state index contributed by atoms with van der Waals surface area (Å²) in [6.45, 7) is 0.501. The molecule has 3 nitrogen and oxygen atoms in total. The first-order chi connectivity index (χ1) is 9.16. The van der Waals surface area contributed by atoms with Crippen molar-refractivity contribution in [3.8, 4) is 0 Å². The van der Waals surface area contributed by atoms with Crippen LogP contribution in [0, 0.1) is 5.82 Å². The molecule has 2 aromatic carbocycles. The number of hydrogen-bond acceptors (Lipinski definition) is 2. The maximum absolute atomic E-state index is 13.0. The molecule has 0 fully saturated rings. The van der Waals surface area contributed by atoms with Crippen LogP contribution in [0.25, 0.3) is 0 Å². The fourth-order valence-corrected chi connectivity index (χ4v) is 2.53. The molecule has 1 heterocycles. The van der Waals surface area contributed by atoms with Crippen molar-refractivity contribution >= 4 is 11.6 Å². The number of carbonyl (C=O) groups is 1. The summed E-state index contributed by atoms with van der Waals surface area (Å²) in [6, 6.07) is 11.8. The fraction of sp³-hybridized carbons (Fsp3) is 0.133. The Kier molecular flexibility index (Phi) is 2.71. The Hall–Kier alpha value is -2.36. The van der Waals surface area contributed by atoms with Gasteiger partial charge in [0.1, 0.15) is 5.82 Å². The standard InChI is InChI=1S/C15H13FN2O/c16-10-6-4-9(5-7-10)12-8-18-15(19)14-11(12)2-1-3-13(14)17/h1-7,12H,8,17H2,(H,18,19). The number of carbonyl (C=O) groups excluding carboxylic acids is 1. The Morgan fingerprint density at radius 3 is 2.63 bits per heavy atom. The molecule has 0 aliphatic carbocycles. The van der Waals surface area contributed by atoms with Crippen molar-refractivity contribution in [2.24, 2.45) is 0 Å². The van der Waals surface area contributed by atoms with E-state index in [4.69, 9.17) is 5.73 Å². The number of fused-ring (bicyclic) bond motifs is 1. The normalized spacial score (nSPS) is 17.7. The number of halogens is 1. The van der Waals surface area contributed by atoms with Gasteiger partial charge in [-0.2, -0.15) is 0 Å². The number of amides is 1. The third-order valence-electron chi connectivity index (χ3n) is 3.47. The van der Waals surface area contributed by atoms with Crippen molar-refractivity contribution in [1.82, 2.24) is 5.32 Å². The lowest BCUT2D eigenvalue weighted by Gasteiger charge is -2.27. The summed E-state index contributed by atoms with van der Waals surface area (Å²) in [7, 11) is 0. The lowest BCUT2D eigenvalue weighted by molar-refractivity contribution is 0.0943. The van der Waals surface area contributed by atoms with Crippen molar-refractivity contribution in [2.45, 2.75) is 5.92 Å². The lowest BCUT2D eigenvalue weighted by atomic mass is 9.84. The number of nitrogens with one attached hydrogen (secondary N) is 1. The molecule has 0 bridgehead atoms. The van der Waals surface area contributed by atoms with Gasteiger partial charge in [-0.15, -0.1) is 0 Å². The molecule has 0 spiro atoms. The second kappa shape index (κ2) is 4.39. The van der Waals surface area contributed by atoms with Crippen molar-refractivity contribution in [1.29, 1.82) is 0 Å². The van der Waals surface area contributed by atoms with Gasteiger partial charge in [0.25, 0.3) is 5.91 Å².